The largest absolute Gasteiger partial charge is 0.508 e. The van der Waals surface area contributed by atoms with Crippen molar-refractivity contribution in [1.82, 2.24) is 10.2 Å². The number of amides is 2. The van der Waals surface area contributed by atoms with Crippen LogP contribution in [-0.4, -0.2) is 69.3 Å². The lowest BCUT2D eigenvalue weighted by molar-refractivity contribution is -0.155. The van der Waals surface area contributed by atoms with Crippen molar-refractivity contribution in [2.75, 3.05) is 13.1 Å². The number of nitrogens with one attached hydrogen (secondary N) is 1. The van der Waals surface area contributed by atoms with E-state index < -0.39 is 42.4 Å². The van der Waals surface area contributed by atoms with E-state index >= 15 is 0 Å². The fourth-order valence-corrected chi connectivity index (χ4v) is 3.32. The van der Waals surface area contributed by atoms with E-state index in [2.05, 4.69) is 5.32 Å². The highest BCUT2D eigenvalue weighted by Crippen LogP contribution is 2.14. The number of hydrogen-bond acceptors (Lipinski definition) is 7. The lowest BCUT2D eigenvalue weighted by atomic mass is 10.0. The number of aromatic hydroxyl groups is 1. The Hall–Kier alpha value is -4.12. The molecule has 0 radical (unpaired) electrons. The van der Waals surface area contributed by atoms with Gasteiger partial charge in [0.2, 0.25) is 5.91 Å². The third kappa shape index (κ3) is 9.33. The molecular weight excluding hydrogens is 458 g/mol. The Bertz CT molecular complexity index is 998. The molecule has 0 spiro atoms. The molecule has 35 heavy (non-hydrogen) atoms. The van der Waals surface area contributed by atoms with E-state index in [-0.39, 0.29) is 38.3 Å². The highest BCUT2D eigenvalue weighted by Gasteiger charge is 2.34. The molecule has 0 unspecified atom stereocenters. The number of phenolic OH excluding ortho intramolecular Hbond substituents is 1. The quantitative estimate of drug-likeness (QED) is 0.261. The van der Waals surface area contributed by atoms with E-state index in [1.807, 2.05) is 18.2 Å². The predicted octanol–water partition coefficient (Wildman–Crippen LogP) is 1.33. The van der Waals surface area contributed by atoms with Crippen molar-refractivity contribution in [3.8, 4) is 5.75 Å². The van der Waals surface area contributed by atoms with Gasteiger partial charge in [0.25, 0.3) is 0 Å². The Kier molecular flexibility index (Phi) is 10.5. The van der Waals surface area contributed by atoms with Crippen molar-refractivity contribution in [2.24, 2.45) is 5.73 Å². The maximum Gasteiger partial charge on any atom is 0.407 e. The first-order valence-corrected chi connectivity index (χ1v) is 10.9. The molecule has 11 nitrogen and oxygen atoms in total. The summed E-state index contributed by atoms with van der Waals surface area (Å²) in [7, 11) is 0. The van der Waals surface area contributed by atoms with Crippen LogP contribution < -0.4 is 11.1 Å². The predicted molar refractivity (Wildman–Crippen MR) is 124 cm³/mol. The number of aliphatic carboxylic acids is 2. The number of nitrogens with two attached hydrogens (primary N) is 1. The molecule has 2 rings (SSSR count). The first-order valence-electron chi connectivity index (χ1n) is 10.9. The van der Waals surface area contributed by atoms with Crippen molar-refractivity contribution in [3.63, 3.8) is 0 Å². The summed E-state index contributed by atoms with van der Waals surface area (Å²) in [6.45, 7) is -0.0154. The second-order valence-corrected chi connectivity index (χ2v) is 7.80. The van der Waals surface area contributed by atoms with Gasteiger partial charge in [-0.1, -0.05) is 42.5 Å². The molecule has 0 aliphatic rings. The molecule has 2 aromatic carbocycles. The number of alkyl carbamates (subject to hydrolysis) is 1. The summed E-state index contributed by atoms with van der Waals surface area (Å²) in [6.07, 6.45) is -1.30. The molecule has 2 atom stereocenters. The van der Waals surface area contributed by atoms with E-state index in [1.54, 1.807) is 24.3 Å². The molecule has 6 N–H and O–H groups in total. The van der Waals surface area contributed by atoms with Crippen LogP contribution in [0, 0.1) is 0 Å². The number of ether oxygens (including phenoxy) is 1. The van der Waals surface area contributed by atoms with Crippen molar-refractivity contribution in [2.45, 2.75) is 38.0 Å². The number of benzene rings is 2. The van der Waals surface area contributed by atoms with E-state index in [4.69, 9.17) is 15.6 Å². The Morgan fingerprint density at radius 1 is 0.971 bits per heavy atom. The Morgan fingerprint density at radius 3 is 2.23 bits per heavy atom. The van der Waals surface area contributed by atoms with Gasteiger partial charge in [0, 0.05) is 13.1 Å². The van der Waals surface area contributed by atoms with Crippen LogP contribution >= 0.6 is 0 Å². The lowest BCUT2D eigenvalue weighted by Crippen LogP contribution is -2.53. The molecule has 0 saturated carbocycles. The molecule has 2 amide bonds. The van der Waals surface area contributed by atoms with E-state index in [0.29, 0.717) is 5.56 Å². The zero-order valence-electron chi connectivity index (χ0n) is 19.0. The van der Waals surface area contributed by atoms with Crippen LogP contribution in [0.5, 0.6) is 5.75 Å². The van der Waals surface area contributed by atoms with Crippen molar-refractivity contribution in [3.05, 3.63) is 65.7 Å². The van der Waals surface area contributed by atoms with Gasteiger partial charge in [-0.3, -0.25) is 9.59 Å². The molecule has 0 fully saturated rings. The Morgan fingerprint density at radius 2 is 1.63 bits per heavy atom. The van der Waals surface area contributed by atoms with Gasteiger partial charge in [-0.15, -0.1) is 0 Å². The highest BCUT2D eigenvalue weighted by molar-refractivity contribution is 5.89. The smallest absolute Gasteiger partial charge is 0.407 e. The second-order valence-electron chi connectivity index (χ2n) is 7.80. The molecule has 2 aromatic rings. The van der Waals surface area contributed by atoms with Crippen molar-refractivity contribution in [1.29, 1.82) is 0 Å². The number of carbonyl (C=O) groups excluding carboxylic acids is 2. The fourth-order valence-electron chi connectivity index (χ4n) is 3.32. The monoisotopic (exact) mass is 487 g/mol. The first-order chi connectivity index (χ1) is 16.7. The van der Waals surface area contributed by atoms with Gasteiger partial charge >= 0.3 is 18.0 Å². The van der Waals surface area contributed by atoms with Crippen LogP contribution in [0.4, 0.5) is 4.79 Å². The second kappa shape index (κ2) is 13.6. The van der Waals surface area contributed by atoms with Crippen LogP contribution in [0.2, 0.25) is 0 Å². The number of carboxylic acid groups (broad SMARTS) is 2. The zero-order chi connectivity index (χ0) is 25.8. The third-order valence-electron chi connectivity index (χ3n) is 5.08. The minimum atomic E-state index is -1.63. The Balaban J connectivity index is 1.97. The van der Waals surface area contributed by atoms with Crippen molar-refractivity contribution >= 4 is 23.9 Å². The van der Waals surface area contributed by atoms with Gasteiger partial charge in [0.05, 0.1) is 12.5 Å². The average molecular weight is 488 g/mol. The molecule has 0 aliphatic heterocycles. The van der Waals surface area contributed by atoms with Crippen LogP contribution in [0.1, 0.15) is 24.0 Å². The number of carboxylic acids is 2. The maximum atomic E-state index is 13.0. The van der Waals surface area contributed by atoms with Gasteiger partial charge in [-0.25, -0.2) is 9.59 Å². The number of nitrogens with zero attached hydrogens (tertiary/aromatic N) is 1. The average Bonchev–Trinajstić information content (AvgIpc) is 2.83. The van der Waals surface area contributed by atoms with Crippen LogP contribution in [0.25, 0.3) is 0 Å². The van der Waals surface area contributed by atoms with Crippen LogP contribution in [-0.2, 0) is 32.1 Å². The van der Waals surface area contributed by atoms with E-state index in [9.17, 15) is 29.4 Å². The third-order valence-corrected chi connectivity index (χ3v) is 5.08. The molecule has 0 aliphatic carbocycles. The van der Waals surface area contributed by atoms with Gasteiger partial charge in [0.15, 0.2) is 0 Å². The molecule has 0 heterocycles. The van der Waals surface area contributed by atoms with Gasteiger partial charge < -0.3 is 36.0 Å². The van der Waals surface area contributed by atoms with Gasteiger partial charge in [0.1, 0.15) is 18.4 Å². The molecular formula is C24H29N3O8. The zero-order valence-corrected chi connectivity index (χ0v) is 19.0. The van der Waals surface area contributed by atoms with E-state index in [1.165, 1.54) is 12.1 Å². The number of hydrogen-bond donors (Lipinski definition) is 5. The maximum absolute atomic E-state index is 13.0. The summed E-state index contributed by atoms with van der Waals surface area (Å²) in [5, 5.41) is 30.6. The number of carbonyl (C=O) groups is 4. The normalized spacial score (nSPS) is 12.3. The Labute approximate surface area is 202 Å². The molecule has 11 heteroatoms. The van der Waals surface area contributed by atoms with E-state index in [0.717, 1.165) is 10.5 Å². The van der Waals surface area contributed by atoms with Crippen LogP contribution in [0.3, 0.4) is 0 Å². The fraction of sp³-hybridized carbons (Fsp3) is 0.333. The molecule has 0 aromatic heterocycles. The lowest BCUT2D eigenvalue weighted by Gasteiger charge is -2.30. The number of rotatable bonds is 13. The standard InChI is InChI=1S/C24H29N3O8/c25-19(13-16-7-9-18(28)10-8-16)22(31)27(20(23(32)33)14-21(29)30)12-4-11-26-24(34)35-15-17-5-2-1-3-6-17/h1-3,5-10,19-20,28H,4,11-15,25H2,(H,26,34)(H,29,30)(H,32,33)/t19-,20+/m0/s1. The molecule has 0 bridgehead atoms. The summed E-state index contributed by atoms with van der Waals surface area (Å²) in [4.78, 5) is 48.8. The summed E-state index contributed by atoms with van der Waals surface area (Å²) < 4.78 is 5.09. The van der Waals surface area contributed by atoms with Crippen molar-refractivity contribution < 1.29 is 39.2 Å². The minimum Gasteiger partial charge on any atom is -0.508 e. The summed E-state index contributed by atoms with van der Waals surface area (Å²) in [5.41, 5.74) is 7.46. The first kappa shape index (κ1) is 27.1. The molecule has 0 saturated heterocycles. The number of phenols is 1. The van der Waals surface area contributed by atoms with Crippen LogP contribution in [0.15, 0.2) is 54.6 Å². The topological polar surface area (TPSA) is 179 Å². The molecule has 188 valence electrons. The minimum absolute atomic E-state index is 0.0393. The summed E-state index contributed by atoms with van der Waals surface area (Å²) in [6, 6.07) is 12.3. The summed E-state index contributed by atoms with van der Waals surface area (Å²) in [5.74, 6) is -3.56. The van der Waals surface area contributed by atoms with Gasteiger partial charge in [-0.2, -0.15) is 0 Å². The summed E-state index contributed by atoms with van der Waals surface area (Å²) >= 11 is 0. The SMILES string of the molecule is N[C@@H](Cc1ccc(O)cc1)C(=O)N(CCCNC(=O)OCc1ccccc1)[C@H](CC(=O)O)C(=O)O. The van der Waals surface area contributed by atoms with Gasteiger partial charge in [-0.05, 0) is 36.1 Å². The highest BCUT2D eigenvalue weighted by atomic mass is 16.5.